The number of hydrogen-bond acceptors (Lipinski definition) is 7. The third kappa shape index (κ3) is 4.87. The molecule has 1 aromatic carbocycles. The SMILES string of the molecule is CC(Oc1cccc(Cl)c1)C(=O)N1CCC(n2cc(-c3nc(C(C)C)no3)nn2)CC1. The molecule has 1 amide bonds. The van der Waals surface area contributed by atoms with Crippen molar-refractivity contribution in [2.75, 3.05) is 13.1 Å². The van der Waals surface area contributed by atoms with Crippen LogP contribution in [0.3, 0.4) is 0 Å². The lowest BCUT2D eigenvalue weighted by Gasteiger charge is -2.33. The molecule has 164 valence electrons. The molecule has 4 rings (SSSR count). The first kappa shape index (κ1) is 21.3. The fourth-order valence-corrected chi connectivity index (χ4v) is 3.71. The fraction of sp³-hybridized carbons (Fsp3) is 0.476. The molecule has 0 aliphatic carbocycles. The van der Waals surface area contributed by atoms with Gasteiger partial charge in [0.15, 0.2) is 17.6 Å². The predicted molar refractivity (Wildman–Crippen MR) is 114 cm³/mol. The molecule has 2 aromatic heterocycles. The van der Waals surface area contributed by atoms with Gasteiger partial charge in [0.2, 0.25) is 0 Å². The fourth-order valence-electron chi connectivity index (χ4n) is 3.53. The lowest BCUT2D eigenvalue weighted by molar-refractivity contribution is -0.139. The average molecular weight is 445 g/mol. The van der Waals surface area contributed by atoms with Crippen molar-refractivity contribution in [3.63, 3.8) is 0 Å². The van der Waals surface area contributed by atoms with Gasteiger partial charge in [-0.2, -0.15) is 4.98 Å². The van der Waals surface area contributed by atoms with E-state index in [4.69, 9.17) is 20.9 Å². The van der Waals surface area contributed by atoms with Crippen molar-refractivity contribution in [2.24, 2.45) is 0 Å². The quantitative estimate of drug-likeness (QED) is 0.571. The topological polar surface area (TPSA) is 99.2 Å². The Balaban J connectivity index is 1.33. The summed E-state index contributed by atoms with van der Waals surface area (Å²) in [4.78, 5) is 19.0. The van der Waals surface area contributed by atoms with E-state index in [2.05, 4.69) is 20.5 Å². The van der Waals surface area contributed by atoms with E-state index in [0.717, 1.165) is 12.8 Å². The molecule has 9 nitrogen and oxygen atoms in total. The number of nitrogens with zero attached hydrogens (tertiary/aromatic N) is 6. The Morgan fingerprint density at radius 1 is 1.26 bits per heavy atom. The van der Waals surface area contributed by atoms with E-state index in [9.17, 15) is 4.79 Å². The van der Waals surface area contributed by atoms with Crippen molar-refractivity contribution < 1.29 is 14.1 Å². The maximum atomic E-state index is 12.8. The van der Waals surface area contributed by atoms with Crippen LogP contribution < -0.4 is 4.74 Å². The maximum absolute atomic E-state index is 12.8. The summed E-state index contributed by atoms with van der Waals surface area (Å²) in [5.41, 5.74) is 0.557. The zero-order chi connectivity index (χ0) is 22.0. The van der Waals surface area contributed by atoms with Crippen LogP contribution in [0.4, 0.5) is 0 Å². The number of ether oxygens (including phenoxy) is 1. The molecule has 1 saturated heterocycles. The van der Waals surface area contributed by atoms with Gasteiger partial charge in [-0.1, -0.05) is 41.9 Å². The van der Waals surface area contributed by atoms with E-state index in [0.29, 0.717) is 41.3 Å². The van der Waals surface area contributed by atoms with Crippen LogP contribution in [0.1, 0.15) is 51.4 Å². The molecule has 31 heavy (non-hydrogen) atoms. The highest BCUT2D eigenvalue weighted by atomic mass is 35.5. The van der Waals surface area contributed by atoms with Crippen LogP contribution in [0.25, 0.3) is 11.6 Å². The Morgan fingerprint density at radius 2 is 2.03 bits per heavy atom. The van der Waals surface area contributed by atoms with Crippen molar-refractivity contribution in [3.05, 3.63) is 41.3 Å². The summed E-state index contributed by atoms with van der Waals surface area (Å²) in [6, 6.07) is 7.21. The van der Waals surface area contributed by atoms with Gasteiger partial charge >= 0.3 is 0 Å². The van der Waals surface area contributed by atoms with Crippen LogP contribution in [0, 0.1) is 0 Å². The van der Waals surface area contributed by atoms with E-state index >= 15 is 0 Å². The predicted octanol–water partition coefficient (Wildman–Crippen LogP) is 3.74. The van der Waals surface area contributed by atoms with Crippen LogP contribution in [-0.4, -0.2) is 55.1 Å². The van der Waals surface area contributed by atoms with Crippen molar-refractivity contribution in [2.45, 2.75) is 51.7 Å². The molecule has 3 heterocycles. The average Bonchev–Trinajstić information content (AvgIpc) is 3.43. The molecule has 1 aliphatic rings. The van der Waals surface area contributed by atoms with E-state index in [1.165, 1.54) is 0 Å². The number of likely N-dealkylation sites (tertiary alicyclic amines) is 1. The lowest BCUT2D eigenvalue weighted by atomic mass is 10.0. The monoisotopic (exact) mass is 444 g/mol. The molecule has 1 unspecified atom stereocenters. The largest absolute Gasteiger partial charge is 0.481 e. The van der Waals surface area contributed by atoms with Crippen molar-refractivity contribution in [3.8, 4) is 17.3 Å². The lowest BCUT2D eigenvalue weighted by Crippen LogP contribution is -2.45. The van der Waals surface area contributed by atoms with Gasteiger partial charge in [0.25, 0.3) is 11.8 Å². The van der Waals surface area contributed by atoms with Gasteiger partial charge in [-0.15, -0.1) is 5.10 Å². The molecule has 1 aliphatic heterocycles. The second kappa shape index (κ2) is 9.05. The van der Waals surface area contributed by atoms with Gasteiger partial charge < -0.3 is 14.2 Å². The summed E-state index contributed by atoms with van der Waals surface area (Å²) in [7, 11) is 0. The van der Waals surface area contributed by atoms with Crippen molar-refractivity contribution in [1.29, 1.82) is 0 Å². The molecular formula is C21H25ClN6O3. The third-order valence-corrected chi connectivity index (χ3v) is 5.53. The van der Waals surface area contributed by atoms with E-state index in [-0.39, 0.29) is 17.9 Å². The van der Waals surface area contributed by atoms with Crippen LogP contribution in [-0.2, 0) is 4.79 Å². The summed E-state index contributed by atoms with van der Waals surface area (Å²) < 4.78 is 12.9. The third-order valence-electron chi connectivity index (χ3n) is 5.29. The molecule has 3 aromatic rings. The molecule has 1 atom stereocenters. The number of piperidine rings is 1. The minimum Gasteiger partial charge on any atom is -0.481 e. The van der Waals surface area contributed by atoms with Gasteiger partial charge in [0, 0.05) is 24.0 Å². The first-order chi connectivity index (χ1) is 14.9. The highest BCUT2D eigenvalue weighted by molar-refractivity contribution is 6.30. The Morgan fingerprint density at radius 3 is 2.71 bits per heavy atom. The number of rotatable bonds is 6. The molecule has 0 radical (unpaired) electrons. The molecule has 0 saturated carbocycles. The van der Waals surface area contributed by atoms with Crippen molar-refractivity contribution >= 4 is 17.5 Å². The standard InChI is InChI=1S/C21H25ClN6O3/c1-13(2)19-23-20(31-25-19)18-12-28(26-24-18)16-7-9-27(10-8-16)21(29)14(3)30-17-6-4-5-15(22)11-17/h4-6,11-14,16H,7-10H2,1-3H3. The second-order valence-electron chi connectivity index (χ2n) is 7.97. The Labute approximate surface area is 185 Å². The molecule has 0 N–H and O–H groups in total. The van der Waals surface area contributed by atoms with Gasteiger partial charge in [-0.3, -0.25) is 4.79 Å². The highest BCUT2D eigenvalue weighted by Gasteiger charge is 2.28. The van der Waals surface area contributed by atoms with Gasteiger partial charge in [-0.25, -0.2) is 4.68 Å². The van der Waals surface area contributed by atoms with Crippen LogP contribution in [0.2, 0.25) is 5.02 Å². The Hall–Kier alpha value is -2.94. The first-order valence-electron chi connectivity index (χ1n) is 10.4. The van der Waals surface area contributed by atoms with E-state index in [1.807, 2.05) is 29.6 Å². The van der Waals surface area contributed by atoms with E-state index in [1.54, 1.807) is 31.2 Å². The summed E-state index contributed by atoms with van der Waals surface area (Å²) in [5, 5.41) is 13.0. The van der Waals surface area contributed by atoms with Gasteiger partial charge in [-0.05, 0) is 38.0 Å². The van der Waals surface area contributed by atoms with Gasteiger partial charge in [0.05, 0.1) is 12.2 Å². The summed E-state index contributed by atoms with van der Waals surface area (Å²) in [6.07, 6.45) is 2.80. The summed E-state index contributed by atoms with van der Waals surface area (Å²) in [6.45, 7) is 7.01. The minimum atomic E-state index is -0.583. The Bertz CT molecular complexity index is 1040. The smallest absolute Gasteiger partial charge is 0.280 e. The van der Waals surface area contributed by atoms with Gasteiger partial charge in [0.1, 0.15) is 5.75 Å². The zero-order valence-electron chi connectivity index (χ0n) is 17.7. The van der Waals surface area contributed by atoms with E-state index < -0.39 is 6.10 Å². The number of aromatic nitrogens is 5. The number of halogens is 1. The minimum absolute atomic E-state index is 0.0372. The summed E-state index contributed by atoms with van der Waals surface area (Å²) in [5.74, 6) is 1.74. The second-order valence-corrected chi connectivity index (χ2v) is 8.41. The molecule has 0 bridgehead atoms. The molecular weight excluding hydrogens is 420 g/mol. The molecule has 10 heteroatoms. The summed E-state index contributed by atoms with van der Waals surface area (Å²) >= 11 is 5.98. The molecule has 0 spiro atoms. The van der Waals surface area contributed by atoms with Crippen LogP contribution in [0.5, 0.6) is 5.75 Å². The highest BCUT2D eigenvalue weighted by Crippen LogP contribution is 2.25. The number of benzene rings is 1. The number of amides is 1. The normalized spacial score (nSPS) is 16.0. The first-order valence-corrected chi connectivity index (χ1v) is 10.8. The van der Waals surface area contributed by atoms with Crippen LogP contribution >= 0.6 is 11.6 Å². The Kier molecular flexibility index (Phi) is 6.22. The number of hydrogen-bond donors (Lipinski definition) is 0. The zero-order valence-corrected chi connectivity index (χ0v) is 18.5. The number of carbonyl (C=O) groups is 1. The molecule has 1 fully saturated rings. The van der Waals surface area contributed by atoms with Crippen molar-refractivity contribution in [1.82, 2.24) is 30.0 Å². The number of carbonyl (C=O) groups excluding carboxylic acids is 1. The van der Waals surface area contributed by atoms with Crippen LogP contribution in [0.15, 0.2) is 35.0 Å². The maximum Gasteiger partial charge on any atom is 0.280 e.